The van der Waals surface area contributed by atoms with E-state index in [9.17, 15) is 9.59 Å². The molecule has 0 fully saturated rings. The number of aromatic nitrogens is 2. The maximum atomic E-state index is 13.3. The summed E-state index contributed by atoms with van der Waals surface area (Å²) < 4.78 is 2.40. The highest BCUT2D eigenvalue weighted by Crippen LogP contribution is 2.29. The van der Waals surface area contributed by atoms with Crippen LogP contribution in [0, 0.1) is 0 Å². The third-order valence-corrected chi connectivity index (χ3v) is 6.81. The van der Waals surface area contributed by atoms with E-state index in [1.54, 1.807) is 10.6 Å². The maximum Gasteiger partial charge on any atom is 0.266 e. The molecule has 5 nitrogen and oxygen atoms in total. The van der Waals surface area contributed by atoms with Crippen LogP contribution in [0.2, 0.25) is 0 Å². The minimum atomic E-state index is -0.421. The summed E-state index contributed by atoms with van der Waals surface area (Å²) in [5, 5.41) is 3.58. The smallest absolute Gasteiger partial charge is 0.266 e. The summed E-state index contributed by atoms with van der Waals surface area (Å²) in [6.07, 6.45) is 0.582. The highest BCUT2D eigenvalue weighted by Gasteiger charge is 2.23. The molecular weight excluding hydrogens is 474 g/mol. The predicted octanol–water partition coefficient (Wildman–Crippen LogP) is 5.66. The third kappa shape index (κ3) is 4.57. The number of carbonyl (C=O) groups is 1. The van der Waals surface area contributed by atoms with Crippen LogP contribution >= 0.6 is 27.7 Å². The number of hydrogen-bond acceptors (Lipinski definition) is 4. The molecule has 31 heavy (non-hydrogen) atoms. The first-order chi connectivity index (χ1) is 15.1. The van der Waals surface area contributed by atoms with Crippen molar-refractivity contribution in [3.8, 4) is 5.69 Å². The molecule has 1 N–H and O–H groups in total. The summed E-state index contributed by atoms with van der Waals surface area (Å²) in [5.74, 6) is -0.138. The molecule has 0 radical (unpaired) electrons. The molecule has 4 aromatic rings. The molecule has 0 aliphatic heterocycles. The minimum absolute atomic E-state index is 0.138. The van der Waals surface area contributed by atoms with E-state index in [-0.39, 0.29) is 11.5 Å². The van der Waals surface area contributed by atoms with E-state index in [2.05, 4.69) is 21.2 Å². The van der Waals surface area contributed by atoms with Crippen molar-refractivity contribution < 1.29 is 4.79 Å². The molecule has 7 heteroatoms. The van der Waals surface area contributed by atoms with Gasteiger partial charge in [0.1, 0.15) is 0 Å². The van der Waals surface area contributed by atoms with Crippen LogP contribution in [0.4, 0.5) is 5.69 Å². The zero-order valence-electron chi connectivity index (χ0n) is 16.8. The Kier molecular flexibility index (Phi) is 6.53. The Morgan fingerprint density at radius 3 is 2.45 bits per heavy atom. The number of halogens is 1. The van der Waals surface area contributed by atoms with E-state index in [0.717, 1.165) is 4.47 Å². The van der Waals surface area contributed by atoms with Crippen LogP contribution in [0.15, 0.2) is 93.3 Å². The average molecular weight is 494 g/mol. The molecular formula is C24H20BrN3O2S. The fraction of sp³-hybridized carbons (Fsp3) is 0.125. The van der Waals surface area contributed by atoms with Crippen molar-refractivity contribution in [3.63, 3.8) is 0 Å². The van der Waals surface area contributed by atoms with Gasteiger partial charge in [-0.05, 0) is 58.7 Å². The standard InChI is InChI=1S/C24H20BrN3O2S/c1-2-21(22(29)26-20-15-9-7-13-18(20)25)31-24-27-19-14-8-6-12-17(19)23(30)28(24)16-10-4-3-5-11-16/h3-15,21H,2H2,1H3,(H,26,29). The lowest BCUT2D eigenvalue weighted by molar-refractivity contribution is -0.115. The van der Waals surface area contributed by atoms with E-state index in [0.29, 0.717) is 33.9 Å². The number of fused-ring (bicyclic) bond motifs is 1. The maximum absolute atomic E-state index is 13.3. The van der Waals surface area contributed by atoms with Gasteiger partial charge in [0.2, 0.25) is 5.91 Å². The quantitative estimate of drug-likeness (QED) is 0.278. The summed E-state index contributed by atoms with van der Waals surface area (Å²) in [6.45, 7) is 1.95. The molecule has 1 amide bonds. The van der Waals surface area contributed by atoms with Gasteiger partial charge in [0.05, 0.1) is 27.5 Å². The zero-order chi connectivity index (χ0) is 21.8. The van der Waals surface area contributed by atoms with Gasteiger partial charge in [-0.1, -0.05) is 61.2 Å². The number of amides is 1. The number of rotatable bonds is 6. The Hall–Kier alpha value is -2.90. The number of para-hydroxylation sites is 3. The van der Waals surface area contributed by atoms with Gasteiger partial charge in [-0.2, -0.15) is 0 Å². The minimum Gasteiger partial charge on any atom is -0.324 e. The lowest BCUT2D eigenvalue weighted by atomic mass is 10.2. The lowest BCUT2D eigenvalue weighted by Crippen LogP contribution is -2.27. The van der Waals surface area contributed by atoms with E-state index < -0.39 is 5.25 Å². The second kappa shape index (κ2) is 9.49. The Bertz CT molecular complexity index is 1290. The van der Waals surface area contributed by atoms with Gasteiger partial charge in [0.25, 0.3) is 5.56 Å². The summed E-state index contributed by atoms with van der Waals surface area (Å²) >= 11 is 4.76. The largest absolute Gasteiger partial charge is 0.324 e. The predicted molar refractivity (Wildman–Crippen MR) is 130 cm³/mol. The first-order valence-electron chi connectivity index (χ1n) is 9.87. The first-order valence-corrected chi connectivity index (χ1v) is 11.5. The number of carbonyl (C=O) groups excluding carboxylic acids is 1. The van der Waals surface area contributed by atoms with Crippen LogP contribution in [0.3, 0.4) is 0 Å². The van der Waals surface area contributed by atoms with Crippen LogP contribution in [0.5, 0.6) is 0 Å². The number of nitrogens with zero attached hydrogens (tertiary/aromatic N) is 2. The Morgan fingerprint density at radius 2 is 1.71 bits per heavy atom. The number of benzene rings is 3. The molecule has 0 saturated carbocycles. The van der Waals surface area contributed by atoms with Crippen LogP contribution < -0.4 is 10.9 Å². The highest BCUT2D eigenvalue weighted by molar-refractivity contribution is 9.10. The van der Waals surface area contributed by atoms with Gasteiger partial charge in [-0.3, -0.25) is 14.2 Å². The van der Waals surface area contributed by atoms with E-state index in [1.165, 1.54) is 11.8 Å². The topological polar surface area (TPSA) is 64.0 Å². The van der Waals surface area contributed by atoms with E-state index in [4.69, 9.17) is 4.98 Å². The van der Waals surface area contributed by atoms with Crippen molar-refractivity contribution >= 4 is 50.2 Å². The van der Waals surface area contributed by atoms with Crippen molar-refractivity contribution in [1.82, 2.24) is 9.55 Å². The normalized spacial score (nSPS) is 11.9. The number of anilines is 1. The molecule has 0 bridgehead atoms. The van der Waals surface area contributed by atoms with E-state index >= 15 is 0 Å². The molecule has 1 heterocycles. The number of nitrogens with one attached hydrogen (secondary N) is 1. The monoisotopic (exact) mass is 493 g/mol. The second-order valence-corrected chi connectivity index (χ2v) is 8.90. The van der Waals surface area contributed by atoms with Crippen LogP contribution in [-0.2, 0) is 4.79 Å². The fourth-order valence-electron chi connectivity index (χ4n) is 3.22. The molecule has 1 aromatic heterocycles. The molecule has 0 aliphatic rings. The summed E-state index contributed by atoms with van der Waals surface area (Å²) in [4.78, 5) is 31.1. The lowest BCUT2D eigenvalue weighted by Gasteiger charge is -2.18. The van der Waals surface area contributed by atoms with Crippen molar-refractivity contribution in [1.29, 1.82) is 0 Å². The highest BCUT2D eigenvalue weighted by atomic mass is 79.9. The third-order valence-electron chi connectivity index (χ3n) is 4.80. The van der Waals surface area contributed by atoms with Crippen LogP contribution in [0.25, 0.3) is 16.6 Å². The fourth-order valence-corrected chi connectivity index (χ4v) is 4.64. The molecule has 1 unspecified atom stereocenters. The Morgan fingerprint density at radius 1 is 1.03 bits per heavy atom. The van der Waals surface area contributed by atoms with Crippen LogP contribution in [0.1, 0.15) is 13.3 Å². The van der Waals surface area contributed by atoms with Crippen LogP contribution in [-0.4, -0.2) is 20.7 Å². The average Bonchev–Trinajstić information content (AvgIpc) is 2.79. The Labute approximate surface area is 192 Å². The molecule has 0 spiro atoms. The molecule has 3 aromatic carbocycles. The summed E-state index contributed by atoms with van der Waals surface area (Å²) in [7, 11) is 0. The second-order valence-electron chi connectivity index (χ2n) is 6.87. The molecule has 4 rings (SSSR count). The Balaban J connectivity index is 1.75. The number of hydrogen-bond donors (Lipinski definition) is 1. The first kappa shape index (κ1) is 21.3. The van der Waals surface area contributed by atoms with Gasteiger partial charge in [-0.25, -0.2) is 4.98 Å². The van der Waals surface area contributed by atoms with Crippen molar-refractivity contribution in [2.45, 2.75) is 23.8 Å². The van der Waals surface area contributed by atoms with E-state index in [1.807, 2.05) is 79.7 Å². The van der Waals surface area contributed by atoms with Gasteiger partial charge >= 0.3 is 0 Å². The molecule has 0 aliphatic carbocycles. The van der Waals surface area contributed by atoms with Crippen molar-refractivity contribution in [2.75, 3.05) is 5.32 Å². The van der Waals surface area contributed by atoms with Crippen molar-refractivity contribution in [3.05, 3.63) is 93.7 Å². The van der Waals surface area contributed by atoms with Gasteiger partial charge in [-0.15, -0.1) is 0 Å². The molecule has 156 valence electrons. The van der Waals surface area contributed by atoms with Gasteiger partial charge in [0.15, 0.2) is 5.16 Å². The number of thioether (sulfide) groups is 1. The van der Waals surface area contributed by atoms with Gasteiger partial charge < -0.3 is 5.32 Å². The van der Waals surface area contributed by atoms with Gasteiger partial charge in [0, 0.05) is 4.47 Å². The molecule has 0 saturated heterocycles. The zero-order valence-corrected chi connectivity index (χ0v) is 19.2. The SMILES string of the molecule is CCC(Sc1nc2ccccc2c(=O)n1-c1ccccc1)C(=O)Nc1ccccc1Br. The molecule has 1 atom stereocenters. The summed E-state index contributed by atoms with van der Waals surface area (Å²) in [5.41, 5.74) is 1.89. The van der Waals surface area contributed by atoms with Crippen molar-refractivity contribution in [2.24, 2.45) is 0 Å². The summed E-state index contributed by atoms with van der Waals surface area (Å²) in [6, 6.07) is 24.1.